The number of fused-ring (bicyclic) bond motifs is 1. The van der Waals surface area contributed by atoms with Crippen LogP contribution in [0.3, 0.4) is 0 Å². The Hall–Kier alpha value is -2.84. The number of esters is 1. The van der Waals surface area contributed by atoms with E-state index in [0.29, 0.717) is 15.0 Å². The van der Waals surface area contributed by atoms with Crippen LogP contribution in [0.15, 0.2) is 62.8 Å². The number of carbonyl (C=O) groups is 1. The largest absolute Gasteiger partial charge is 0.463 e. The molecule has 0 aliphatic carbocycles. The Bertz CT molecular complexity index is 1290. The first-order chi connectivity index (χ1) is 14.0. The zero-order valence-corrected chi connectivity index (χ0v) is 17.3. The Morgan fingerprint density at radius 3 is 2.79 bits per heavy atom. The Morgan fingerprint density at radius 2 is 2.10 bits per heavy atom. The van der Waals surface area contributed by atoms with E-state index in [1.165, 1.54) is 33.3 Å². The number of carbonyl (C=O) groups excluding carboxylic acids is 1. The van der Waals surface area contributed by atoms with Gasteiger partial charge in [-0.3, -0.25) is 9.36 Å². The molecular weight excluding hydrogens is 411 g/mol. The normalized spacial score (nSPS) is 16.5. The smallest absolute Gasteiger partial charge is 0.338 e. The summed E-state index contributed by atoms with van der Waals surface area (Å²) in [4.78, 5) is 31.8. The third-order valence-electron chi connectivity index (χ3n) is 4.53. The first-order valence-corrected chi connectivity index (χ1v) is 10.7. The van der Waals surface area contributed by atoms with Crippen molar-refractivity contribution in [3.8, 4) is 0 Å². The predicted octanol–water partition coefficient (Wildman–Crippen LogP) is 3.00. The van der Waals surface area contributed by atoms with Gasteiger partial charge in [-0.2, -0.15) is 0 Å². The van der Waals surface area contributed by atoms with Gasteiger partial charge in [0.25, 0.3) is 5.56 Å². The van der Waals surface area contributed by atoms with E-state index in [1.807, 2.05) is 17.5 Å². The highest BCUT2D eigenvalue weighted by atomic mass is 32.1. The minimum absolute atomic E-state index is 0.169. The fraction of sp³-hybridized carbons (Fsp3) is 0.190. The first kappa shape index (κ1) is 19.5. The van der Waals surface area contributed by atoms with Crippen molar-refractivity contribution in [2.75, 3.05) is 6.61 Å². The molecule has 8 heteroatoms. The second kappa shape index (κ2) is 7.88. The standard InChI is InChI=1S/C21H17FN2O3S2/c1-3-27-20(26)17-12(2)23-21-24(18(17)14-8-4-5-9-15(14)22)19(25)16(29-21)11-13-7-6-10-28-13/h4-11,18H,3H2,1-2H3/b16-11-/t18-/m0/s1. The van der Waals surface area contributed by atoms with Gasteiger partial charge in [-0.15, -0.1) is 11.3 Å². The molecule has 0 saturated heterocycles. The average Bonchev–Trinajstić information content (AvgIpc) is 3.30. The summed E-state index contributed by atoms with van der Waals surface area (Å²) in [6.45, 7) is 3.54. The van der Waals surface area contributed by atoms with Gasteiger partial charge in [0.2, 0.25) is 0 Å². The second-order valence-electron chi connectivity index (χ2n) is 6.34. The van der Waals surface area contributed by atoms with Crippen LogP contribution in [0.5, 0.6) is 0 Å². The monoisotopic (exact) mass is 428 g/mol. The molecule has 148 valence electrons. The molecule has 3 aromatic rings. The molecule has 0 radical (unpaired) electrons. The lowest BCUT2D eigenvalue weighted by Gasteiger charge is -2.24. The summed E-state index contributed by atoms with van der Waals surface area (Å²) in [6, 6.07) is 9.02. The summed E-state index contributed by atoms with van der Waals surface area (Å²) in [5.74, 6) is -1.10. The molecule has 1 atom stereocenters. The van der Waals surface area contributed by atoms with Crippen LogP contribution in [0.25, 0.3) is 6.08 Å². The molecule has 5 nitrogen and oxygen atoms in total. The van der Waals surface area contributed by atoms with Crippen molar-refractivity contribution in [1.82, 2.24) is 4.57 Å². The molecule has 0 bridgehead atoms. The van der Waals surface area contributed by atoms with Gasteiger partial charge in [-0.1, -0.05) is 35.6 Å². The molecule has 0 spiro atoms. The van der Waals surface area contributed by atoms with Crippen molar-refractivity contribution in [1.29, 1.82) is 0 Å². The van der Waals surface area contributed by atoms with Crippen LogP contribution in [0.4, 0.5) is 4.39 Å². The van der Waals surface area contributed by atoms with Gasteiger partial charge in [-0.05, 0) is 37.4 Å². The van der Waals surface area contributed by atoms with E-state index in [1.54, 1.807) is 38.1 Å². The molecule has 0 N–H and O–H groups in total. The number of rotatable bonds is 4. The molecule has 0 amide bonds. The zero-order chi connectivity index (χ0) is 20.5. The third-order valence-corrected chi connectivity index (χ3v) is 6.34. The Balaban J connectivity index is 2.00. The molecule has 1 aliphatic heterocycles. The fourth-order valence-corrected chi connectivity index (χ4v) is 5.05. The number of thiophene rings is 1. The number of allylic oxidation sites excluding steroid dienone is 1. The van der Waals surface area contributed by atoms with E-state index < -0.39 is 17.8 Å². The summed E-state index contributed by atoms with van der Waals surface area (Å²) in [5.41, 5.74) is 0.506. The maximum atomic E-state index is 14.7. The van der Waals surface area contributed by atoms with Crippen LogP contribution in [-0.4, -0.2) is 17.1 Å². The second-order valence-corrected chi connectivity index (χ2v) is 8.33. The quantitative estimate of drug-likeness (QED) is 0.601. The lowest BCUT2D eigenvalue weighted by molar-refractivity contribution is -0.139. The van der Waals surface area contributed by atoms with Crippen LogP contribution in [0.1, 0.15) is 30.3 Å². The molecule has 0 fully saturated rings. The van der Waals surface area contributed by atoms with Crippen LogP contribution in [0, 0.1) is 5.82 Å². The Labute approximate surface area is 173 Å². The molecule has 3 heterocycles. The van der Waals surface area contributed by atoms with E-state index in [9.17, 15) is 14.0 Å². The van der Waals surface area contributed by atoms with E-state index >= 15 is 0 Å². The Kier molecular flexibility index (Phi) is 5.29. The molecule has 4 rings (SSSR count). The number of aromatic nitrogens is 1. The van der Waals surface area contributed by atoms with Gasteiger partial charge >= 0.3 is 5.97 Å². The molecular formula is C21H17FN2O3S2. The van der Waals surface area contributed by atoms with Crippen molar-refractivity contribution in [3.05, 3.63) is 89.0 Å². The van der Waals surface area contributed by atoms with Gasteiger partial charge in [0.05, 0.1) is 22.4 Å². The van der Waals surface area contributed by atoms with E-state index in [-0.39, 0.29) is 23.3 Å². The minimum Gasteiger partial charge on any atom is -0.463 e. The maximum absolute atomic E-state index is 14.7. The van der Waals surface area contributed by atoms with E-state index in [4.69, 9.17) is 4.74 Å². The summed E-state index contributed by atoms with van der Waals surface area (Å²) in [7, 11) is 0. The number of hydrogen-bond acceptors (Lipinski definition) is 6. The highest BCUT2D eigenvalue weighted by Gasteiger charge is 2.34. The van der Waals surface area contributed by atoms with Crippen molar-refractivity contribution in [2.45, 2.75) is 19.9 Å². The molecule has 0 saturated carbocycles. The van der Waals surface area contributed by atoms with E-state index in [0.717, 1.165) is 4.88 Å². The number of ether oxygens (including phenoxy) is 1. The van der Waals surface area contributed by atoms with Crippen LogP contribution in [-0.2, 0) is 9.53 Å². The van der Waals surface area contributed by atoms with Crippen molar-refractivity contribution < 1.29 is 13.9 Å². The molecule has 1 aromatic carbocycles. The van der Waals surface area contributed by atoms with Crippen molar-refractivity contribution in [2.24, 2.45) is 4.99 Å². The topological polar surface area (TPSA) is 60.7 Å². The molecule has 1 aliphatic rings. The fourth-order valence-electron chi connectivity index (χ4n) is 3.29. The van der Waals surface area contributed by atoms with Crippen molar-refractivity contribution >= 4 is 34.7 Å². The number of halogens is 1. The third kappa shape index (κ3) is 3.49. The van der Waals surface area contributed by atoms with Crippen molar-refractivity contribution in [3.63, 3.8) is 0 Å². The summed E-state index contributed by atoms with van der Waals surface area (Å²) in [6.07, 6.45) is 1.79. The zero-order valence-electron chi connectivity index (χ0n) is 15.7. The minimum atomic E-state index is -0.933. The number of thiazole rings is 1. The van der Waals surface area contributed by atoms with E-state index in [2.05, 4.69) is 4.99 Å². The molecule has 2 aromatic heterocycles. The maximum Gasteiger partial charge on any atom is 0.338 e. The number of hydrogen-bond donors (Lipinski definition) is 0. The SMILES string of the molecule is CCOC(=O)C1=C(C)N=c2s/c(=C\c3cccs3)c(=O)n2[C@H]1c1ccccc1F. The van der Waals surface area contributed by atoms with Crippen LogP contribution in [0.2, 0.25) is 0 Å². The van der Waals surface area contributed by atoms with Crippen LogP contribution < -0.4 is 14.9 Å². The summed E-state index contributed by atoms with van der Waals surface area (Å²) < 4.78 is 21.8. The summed E-state index contributed by atoms with van der Waals surface area (Å²) >= 11 is 2.73. The Morgan fingerprint density at radius 1 is 1.31 bits per heavy atom. The van der Waals surface area contributed by atoms with Gasteiger partial charge in [0.15, 0.2) is 4.80 Å². The van der Waals surface area contributed by atoms with Gasteiger partial charge in [-0.25, -0.2) is 14.2 Å². The highest BCUT2D eigenvalue weighted by Crippen LogP contribution is 2.32. The number of nitrogens with zero attached hydrogens (tertiary/aromatic N) is 2. The lowest BCUT2D eigenvalue weighted by Crippen LogP contribution is -2.40. The van der Waals surface area contributed by atoms with Gasteiger partial charge in [0, 0.05) is 10.4 Å². The first-order valence-electron chi connectivity index (χ1n) is 8.99. The summed E-state index contributed by atoms with van der Waals surface area (Å²) in [5, 5.41) is 1.92. The van der Waals surface area contributed by atoms with Gasteiger partial charge in [0.1, 0.15) is 11.9 Å². The highest BCUT2D eigenvalue weighted by molar-refractivity contribution is 7.11. The number of benzene rings is 1. The predicted molar refractivity (Wildman–Crippen MR) is 111 cm³/mol. The van der Waals surface area contributed by atoms with Gasteiger partial charge < -0.3 is 4.74 Å². The lowest BCUT2D eigenvalue weighted by atomic mass is 9.95. The molecule has 29 heavy (non-hydrogen) atoms. The van der Waals surface area contributed by atoms with Crippen LogP contribution >= 0.6 is 22.7 Å². The average molecular weight is 429 g/mol. The molecule has 0 unspecified atom stereocenters.